The van der Waals surface area contributed by atoms with Crippen molar-refractivity contribution in [1.82, 2.24) is 0 Å². The maximum Gasteiger partial charge on any atom is 0.0593 e. The third kappa shape index (κ3) is 2.84. The van der Waals surface area contributed by atoms with Crippen LogP contribution in [-0.4, -0.2) is 16.0 Å². The van der Waals surface area contributed by atoms with Gasteiger partial charge in [-0.25, -0.2) is 4.36 Å². The van der Waals surface area contributed by atoms with E-state index in [9.17, 15) is 4.21 Å². The molecular weight excluding hydrogens is 134 g/mol. The molecule has 0 heterocycles. The van der Waals surface area contributed by atoms with Crippen molar-refractivity contribution in [2.24, 2.45) is 4.36 Å². The lowest BCUT2D eigenvalue weighted by atomic mass is 10.6. The minimum Gasteiger partial charge on any atom is -0.253 e. The Kier molecular flexibility index (Phi) is 2.51. The van der Waals surface area contributed by atoms with E-state index >= 15 is 0 Å². The van der Waals surface area contributed by atoms with Gasteiger partial charge in [0.15, 0.2) is 0 Å². The van der Waals surface area contributed by atoms with Crippen LogP contribution in [0.25, 0.3) is 0 Å². The number of hydrogen-bond donors (Lipinski definition) is 1. The molecule has 9 heavy (non-hydrogen) atoms. The molecule has 0 aliphatic heterocycles. The summed E-state index contributed by atoms with van der Waals surface area (Å²) < 4.78 is 15.0. The molecule has 0 amide bonds. The second-order valence-electron chi connectivity index (χ2n) is 2.42. The Morgan fingerprint density at radius 3 is 2.78 bits per heavy atom. The van der Waals surface area contributed by atoms with Crippen LogP contribution in [0.3, 0.4) is 0 Å². The lowest BCUT2D eigenvalue weighted by molar-refractivity contribution is 0.685. The van der Waals surface area contributed by atoms with Crippen LogP contribution in [-0.2, 0) is 10.6 Å². The summed E-state index contributed by atoms with van der Waals surface area (Å²) in [6.45, 7) is 2.04. The minimum atomic E-state index is -1.18. The zero-order valence-corrected chi connectivity index (χ0v) is 6.60. The van der Waals surface area contributed by atoms with E-state index < -0.39 is 10.6 Å². The number of rotatable bonds is 3. The molecule has 1 aliphatic rings. The molecule has 0 saturated heterocycles. The molecule has 3 heteroatoms. The van der Waals surface area contributed by atoms with Gasteiger partial charge in [0.1, 0.15) is 0 Å². The first-order chi connectivity index (χ1) is 4.33. The van der Waals surface area contributed by atoms with E-state index in [2.05, 4.69) is 4.36 Å². The van der Waals surface area contributed by atoms with Gasteiger partial charge >= 0.3 is 0 Å². The van der Waals surface area contributed by atoms with Crippen molar-refractivity contribution in [3.63, 3.8) is 0 Å². The molecule has 1 saturated carbocycles. The summed E-state index contributed by atoms with van der Waals surface area (Å²) >= 11 is 0. The first kappa shape index (κ1) is 7.06. The number of hydrogen-bond acceptors (Lipinski definition) is 2. The highest BCUT2D eigenvalue weighted by Gasteiger charge is 2.19. The summed E-state index contributed by atoms with van der Waals surface area (Å²) in [5.74, 6) is 0.784. The van der Waals surface area contributed by atoms with Gasteiger partial charge in [-0.3, -0.25) is 4.21 Å². The SMILES string of the molecule is CCC/[SH](=O)=N/C1CC1. The molecule has 0 bridgehead atoms. The van der Waals surface area contributed by atoms with Crippen molar-refractivity contribution in [2.45, 2.75) is 32.2 Å². The largest absolute Gasteiger partial charge is 0.253 e. The second kappa shape index (κ2) is 3.20. The molecule has 0 aromatic carbocycles. The fourth-order valence-corrected chi connectivity index (χ4v) is 1.71. The van der Waals surface area contributed by atoms with E-state index in [1.807, 2.05) is 6.92 Å². The van der Waals surface area contributed by atoms with Crippen LogP contribution >= 0.6 is 0 Å². The van der Waals surface area contributed by atoms with Gasteiger partial charge in [-0.05, 0) is 19.3 Å². The molecular formula is C6H13NOS. The highest BCUT2D eigenvalue weighted by Crippen LogP contribution is 2.23. The van der Waals surface area contributed by atoms with Crippen LogP contribution < -0.4 is 0 Å². The standard InChI is InChI=1S/C6H13NOS/c1-2-5-9(8)7-6-3-4-6/h6,9H,2-5H2,1H3. The molecule has 0 N–H and O–H groups in total. The Hall–Kier alpha value is -0.0500. The van der Waals surface area contributed by atoms with Crippen LogP contribution in [0.4, 0.5) is 0 Å². The van der Waals surface area contributed by atoms with Crippen molar-refractivity contribution in [3.05, 3.63) is 0 Å². The highest BCUT2D eigenvalue weighted by atomic mass is 32.2. The molecule has 1 unspecified atom stereocenters. The Balaban J connectivity index is 2.29. The fraction of sp³-hybridized carbons (Fsp3) is 1.00. The fourth-order valence-electron chi connectivity index (χ4n) is 0.621. The lowest BCUT2D eigenvalue weighted by Crippen LogP contribution is -1.85. The number of nitrogens with zero attached hydrogens (tertiary/aromatic N) is 1. The lowest BCUT2D eigenvalue weighted by Gasteiger charge is -1.85. The quantitative estimate of drug-likeness (QED) is 0.598. The summed E-state index contributed by atoms with van der Waals surface area (Å²) in [4.78, 5) is 0. The first-order valence-electron chi connectivity index (χ1n) is 3.48. The average molecular weight is 147 g/mol. The van der Waals surface area contributed by atoms with E-state index in [1.165, 1.54) is 12.8 Å². The average Bonchev–Trinajstić information content (AvgIpc) is 2.50. The van der Waals surface area contributed by atoms with Gasteiger partial charge < -0.3 is 0 Å². The zero-order chi connectivity index (χ0) is 6.69. The summed E-state index contributed by atoms with van der Waals surface area (Å²) in [6, 6.07) is 0.472. The predicted molar refractivity (Wildman–Crippen MR) is 40.1 cm³/mol. The van der Waals surface area contributed by atoms with Crippen LogP contribution in [0.2, 0.25) is 0 Å². The van der Waals surface area contributed by atoms with Gasteiger partial charge in [-0.1, -0.05) is 6.92 Å². The van der Waals surface area contributed by atoms with Crippen molar-refractivity contribution >= 4 is 10.6 Å². The van der Waals surface area contributed by atoms with E-state index in [1.54, 1.807) is 0 Å². The zero-order valence-electron chi connectivity index (χ0n) is 5.71. The van der Waals surface area contributed by atoms with Gasteiger partial charge in [0.05, 0.1) is 6.04 Å². The highest BCUT2D eigenvalue weighted by molar-refractivity contribution is 7.74. The van der Waals surface area contributed by atoms with Gasteiger partial charge in [-0.15, -0.1) is 0 Å². The van der Waals surface area contributed by atoms with Gasteiger partial charge in [0.25, 0.3) is 0 Å². The normalized spacial score (nSPS) is 22.3. The molecule has 1 atom stereocenters. The molecule has 1 aliphatic carbocycles. The van der Waals surface area contributed by atoms with Crippen molar-refractivity contribution < 1.29 is 4.21 Å². The summed E-state index contributed by atoms with van der Waals surface area (Å²) in [7, 11) is -1.18. The smallest absolute Gasteiger partial charge is 0.0593 e. The van der Waals surface area contributed by atoms with E-state index in [4.69, 9.17) is 0 Å². The molecule has 0 aromatic heterocycles. The van der Waals surface area contributed by atoms with Crippen molar-refractivity contribution in [3.8, 4) is 0 Å². The van der Waals surface area contributed by atoms with Crippen LogP contribution in [0.5, 0.6) is 0 Å². The Morgan fingerprint density at radius 2 is 2.33 bits per heavy atom. The van der Waals surface area contributed by atoms with E-state index in [-0.39, 0.29) is 0 Å². The maximum atomic E-state index is 10.9. The Labute approximate surface area is 57.9 Å². The molecule has 1 fully saturated rings. The molecule has 0 radical (unpaired) electrons. The molecule has 0 aromatic rings. The van der Waals surface area contributed by atoms with Crippen molar-refractivity contribution in [2.75, 3.05) is 5.75 Å². The van der Waals surface area contributed by atoms with Gasteiger partial charge in [0, 0.05) is 16.3 Å². The first-order valence-corrected chi connectivity index (χ1v) is 4.88. The molecule has 54 valence electrons. The monoisotopic (exact) mass is 147 g/mol. The maximum absolute atomic E-state index is 10.9. The molecule has 2 nitrogen and oxygen atoms in total. The summed E-state index contributed by atoms with van der Waals surface area (Å²) in [5.41, 5.74) is 0. The predicted octanol–water partition coefficient (Wildman–Crippen LogP) is 1.22. The van der Waals surface area contributed by atoms with E-state index in [0.29, 0.717) is 6.04 Å². The van der Waals surface area contributed by atoms with Gasteiger partial charge in [0.2, 0.25) is 0 Å². The third-order valence-corrected chi connectivity index (χ3v) is 2.67. The third-order valence-electron chi connectivity index (χ3n) is 1.25. The van der Waals surface area contributed by atoms with Gasteiger partial charge in [-0.2, -0.15) is 0 Å². The summed E-state index contributed by atoms with van der Waals surface area (Å²) in [5, 5.41) is 0. The van der Waals surface area contributed by atoms with Crippen LogP contribution in [0, 0.1) is 0 Å². The summed E-state index contributed by atoms with van der Waals surface area (Å²) in [6.07, 6.45) is 3.33. The van der Waals surface area contributed by atoms with E-state index in [0.717, 1.165) is 12.2 Å². The molecule has 1 rings (SSSR count). The second-order valence-corrected chi connectivity index (χ2v) is 3.80. The Bertz CT molecular complexity index is 156. The van der Waals surface area contributed by atoms with Crippen LogP contribution in [0.15, 0.2) is 4.36 Å². The van der Waals surface area contributed by atoms with Crippen molar-refractivity contribution in [1.29, 1.82) is 0 Å². The molecule has 0 spiro atoms. The minimum absolute atomic E-state index is 0.472. The van der Waals surface area contributed by atoms with Crippen LogP contribution in [0.1, 0.15) is 26.2 Å². The number of thiol groups is 1. The Morgan fingerprint density at radius 1 is 1.67 bits per heavy atom. The topological polar surface area (TPSA) is 29.4 Å².